The number of carbonyl (C=O) groups excluding carboxylic acids is 1. The first kappa shape index (κ1) is 22.8. The molecule has 2 heterocycles. The van der Waals surface area contributed by atoms with Crippen LogP contribution in [0.5, 0.6) is 0 Å². The lowest BCUT2D eigenvalue weighted by Gasteiger charge is -2.51. The van der Waals surface area contributed by atoms with Crippen molar-refractivity contribution >= 4 is 29.1 Å². The summed E-state index contributed by atoms with van der Waals surface area (Å²) in [6.45, 7) is 7.92. The van der Waals surface area contributed by atoms with Crippen molar-refractivity contribution in [3.05, 3.63) is 76.6 Å². The number of hydrogen-bond acceptors (Lipinski definition) is 3. The van der Waals surface area contributed by atoms with Crippen LogP contribution in [0.1, 0.15) is 56.3 Å². The Bertz CT molecular complexity index is 898. The number of methoxy groups -OCH3 is 1. The topological polar surface area (TPSA) is 42.4 Å². The normalized spacial score (nSPS) is 25.2. The largest absolute Gasteiger partial charge is 0.362 e. The molecule has 1 aliphatic rings. The molecule has 0 radical (unpaired) electrons. The van der Waals surface area contributed by atoms with Crippen LogP contribution in [0.15, 0.2) is 55.3 Å². The molecular weight excluding hydrogens is 419 g/mol. The standard InChI is InChI=1S/C24H28Cl2N2O2/c1-5-12-24(3)14-19(16-8-7-9-17(25)13-16)22(20-11-10-18(26)15-27-20)28(23(24)29)21(6-2)30-4/h5,7-11,13,15,19,21-22H,1,6,12,14H2,2-4H3/t19-,21-,22+,24?/m1/s1. The molecule has 160 valence electrons. The van der Waals surface area contributed by atoms with Gasteiger partial charge >= 0.3 is 0 Å². The molecule has 1 unspecified atom stereocenters. The number of carbonyl (C=O) groups is 1. The Kier molecular flexibility index (Phi) is 7.22. The monoisotopic (exact) mass is 446 g/mol. The van der Waals surface area contributed by atoms with E-state index in [-0.39, 0.29) is 24.1 Å². The maximum Gasteiger partial charge on any atom is 0.231 e. The zero-order chi connectivity index (χ0) is 21.9. The molecular formula is C24H28Cl2N2O2. The summed E-state index contributed by atoms with van der Waals surface area (Å²) in [5.74, 6) is 0.0420. The SMILES string of the molecule is C=CCC1(C)C[C@H](c2cccc(Cl)c2)[C@@H](c2ccc(Cl)cn2)N([C@@H](CC)OC)C1=O. The average molecular weight is 447 g/mol. The van der Waals surface area contributed by atoms with Gasteiger partial charge in [0, 0.05) is 24.2 Å². The van der Waals surface area contributed by atoms with Gasteiger partial charge in [-0.05, 0) is 49.1 Å². The summed E-state index contributed by atoms with van der Waals surface area (Å²) in [7, 11) is 1.64. The van der Waals surface area contributed by atoms with Crippen molar-refractivity contribution < 1.29 is 9.53 Å². The number of rotatable bonds is 7. The minimum absolute atomic E-state index is 0.00998. The number of ether oxygens (including phenoxy) is 1. The maximum absolute atomic E-state index is 13.8. The second-order valence-corrected chi connectivity index (χ2v) is 8.95. The molecule has 4 atom stereocenters. The summed E-state index contributed by atoms with van der Waals surface area (Å²) >= 11 is 12.4. The van der Waals surface area contributed by atoms with E-state index in [1.807, 2.05) is 55.2 Å². The van der Waals surface area contributed by atoms with Crippen LogP contribution in [0.2, 0.25) is 10.0 Å². The van der Waals surface area contributed by atoms with Crippen LogP contribution in [0, 0.1) is 5.41 Å². The highest BCUT2D eigenvalue weighted by atomic mass is 35.5. The van der Waals surface area contributed by atoms with E-state index in [1.165, 1.54) is 0 Å². The van der Waals surface area contributed by atoms with E-state index < -0.39 is 5.41 Å². The van der Waals surface area contributed by atoms with Crippen LogP contribution in [0.4, 0.5) is 0 Å². The predicted molar refractivity (Wildman–Crippen MR) is 122 cm³/mol. The van der Waals surface area contributed by atoms with Crippen LogP contribution >= 0.6 is 23.2 Å². The van der Waals surface area contributed by atoms with Crippen molar-refractivity contribution in [1.29, 1.82) is 0 Å². The number of aromatic nitrogens is 1. The van der Waals surface area contributed by atoms with Gasteiger partial charge in [0.1, 0.15) is 6.23 Å². The maximum atomic E-state index is 13.8. The first-order valence-electron chi connectivity index (χ1n) is 10.2. The number of halogens is 2. The molecule has 4 nitrogen and oxygen atoms in total. The third-order valence-corrected chi connectivity index (χ3v) is 6.42. The highest BCUT2D eigenvalue weighted by Gasteiger charge is 2.51. The summed E-state index contributed by atoms with van der Waals surface area (Å²) in [6, 6.07) is 11.3. The van der Waals surface area contributed by atoms with Crippen LogP contribution in [-0.4, -0.2) is 29.1 Å². The lowest BCUT2D eigenvalue weighted by Crippen LogP contribution is -2.56. The molecule has 1 aliphatic heterocycles. The molecule has 3 rings (SSSR count). The van der Waals surface area contributed by atoms with Gasteiger partial charge in [-0.3, -0.25) is 9.78 Å². The van der Waals surface area contributed by atoms with E-state index in [1.54, 1.807) is 13.3 Å². The summed E-state index contributed by atoms with van der Waals surface area (Å²) in [6.07, 6.45) is 4.98. The quantitative estimate of drug-likeness (QED) is 0.461. The van der Waals surface area contributed by atoms with Crippen molar-refractivity contribution in [2.45, 2.75) is 51.3 Å². The van der Waals surface area contributed by atoms with Gasteiger partial charge in [0.25, 0.3) is 0 Å². The van der Waals surface area contributed by atoms with Crippen LogP contribution in [0.3, 0.4) is 0 Å². The van der Waals surface area contributed by atoms with Crippen molar-refractivity contribution in [1.82, 2.24) is 9.88 Å². The van der Waals surface area contributed by atoms with E-state index >= 15 is 0 Å². The van der Waals surface area contributed by atoms with Gasteiger partial charge in [0.2, 0.25) is 5.91 Å². The summed E-state index contributed by atoms with van der Waals surface area (Å²) in [5.41, 5.74) is 1.26. The van der Waals surface area contributed by atoms with E-state index in [2.05, 4.69) is 17.6 Å². The highest BCUT2D eigenvalue weighted by Crippen LogP contribution is 2.51. The van der Waals surface area contributed by atoms with Gasteiger partial charge < -0.3 is 9.64 Å². The van der Waals surface area contributed by atoms with E-state index in [0.29, 0.717) is 29.3 Å². The molecule has 1 amide bonds. The molecule has 0 aliphatic carbocycles. The fourth-order valence-corrected chi connectivity index (χ4v) is 4.85. The zero-order valence-electron chi connectivity index (χ0n) is 17.6. The Balaban J connectivity index is 2.22. The van der Waals surface area contributed by atoms with Gasteiger partial charge in [-0.25, -0.2) is 0 Å². The first-order chi connectivity index (χ1) is 14.3. The Labute approximate surface area is 188 Å². The molecule has 6 heteroatoms. The number of nitrogens with zero attached hydrogens (tertiary/aromatic N) is 2. The number of piperidine rings is 1. The number of amides is 1. The smallest absolute Gasteiger partial charge is 0.231 e. The number of allylic oxidation sites excluding steroid dienone is 1. The van der Waals surface area contributed by atoms with Gasteiger partial charge in [0.05, 0.1) is 22.2 Å². The van der Waals surface area contributed by atoms with Crippen LogP contribution in [-0.2, 0) is 9.53 Å². The fourth-order valence-electron chi connectivity index (χ4n) is 4.54. The van der Waals surface area contributed by atoms with E-state index in [9.17, 15) is 4.79 Å². The zero-order valence-corrected chi connectivity index (χ0v) is 19.2. The number of pyridine rings is 1. The second-order valence-electron chi connectivity index (χ2n) is 8.08. The number of hydrogen-bond donors (Lipinski definition) is 0. The minimum atomic E-state index is -0.594. The predicted octanol–water partition coefficient (Wildman–Crippen LogP) is 6.41. The average Bonchev–Trinajstić information content (AvgIpc) is 2.73. The molecule has 0 spiro atoms. The van der Waals surface area contributed by atoms with Crippen molar-refractivity contribution in [3.63, 3.8) is 0 Å². The molecule has 1 aromatic heterocycles. The lowest BCUT2D eigenvalue weighted by molar-refractivity contribution is -0.169. The highest BCUT2D eigenvalue weighted by molar-refractivity contribution is 6.30. The molecule has 1 aromatic carbocycles. The molecule has 0 bridgehead atoms. The Morgan fingerprint density at radius 2 is 2.10 bits per heavy atom. The minimum Gasteiger partial charge on any atom is -0.362 e. The lowest BCUT2D eigenvalue weighted by atomic mass is 9.68. The van der Waals surface area contributed by atoms with Crippen LogP contribution in [0.25, 0.3) is 0 Å². The Hall–Kier alpha value is -1.88. The molecule has 1 fully saturated rings. The third kappa shape index (κ3) is 4.41. The van der Waals surface area contributed by atoms with Gasteiger partial charge in [0.15, 0.2) is 0 Å². The van der Waals surface area contributed by atoms with E-state index in [0.717, 1.165) is 11.3 Å². The molecule has 1 saturated heterocycles. The number of likely N-dealkylation sites (tertiary alicyclic amines) is 1. The van der Waals surface area contributed by atoms with Crippen LogP contribution < -0.4 is 0 Å². The third-order valence-electron chi connectivity index (χ3n) is 5.96. The first-order valence-corrected chi connectivity index (χ1v) is 10.9. The second kappa shape index (κ2) is 9.51. The van der Waals surface area contributed by atoms with Crippen molar-refractivity contribution in [2.24, 2.45) is 5.41 Å². The van der Waals surface area contributed by atoms with Crippen molar-refractivity contribution in [3.8, 4) is 0 Å². The van der Waals surface area contributed by atoms with Gasteiger partial charge in [-0.1, -0.05) is 55.3 Å². The van der Waals surface area contributed by atoms with Gasteiger partial charge in [-0.2, -0.15) is 0 Å². The summed E-state index contributed by atoms with van der Waals surface area (Å²) < 4.78 is 5.76. The van der Waals surface area contributed by atoms with Crippen molar-refractivity contribution in [2.75, 3.05) is 7.11 Å². The summed E-state index contributed by atoms with van der Waals surface area (Å²) in [5, 5.41) is 1.23. The van der Waals surface area contributed by atoms with Gasteiger partial charge in [-0.15, -0.1) is 6.58 Å². The fraction of sp³-hybridized carbons (Fsp3) is 0.417. The number of benzene rings is 1. The summed E-state index contributed by atoms with van der Waals surface area (Å²) in [4.78, 5) is 20.3. The molecule has 30 heavy (non-hydrogen) atoms. The Morgan fingerprint density at radius 3 is 2.67 bits per heavy atom. The van der Waals surface area contributed by atoms with E-state index in [4.69, 9.17) is 27.9 Å². The Morgan fingerprint density at radius 1 is 1.33 bits per heavy atom. The molecule has 0 saturated carbocycles. The molecule has 2 aromatic rings. The molecule has 0 N–H and O–H groups in total.